The molecule has 102 valence electrons. The summed E-state index contributed by atoms with van der Waals surface area (Å²) in [6.45, 7) is 4.39. The van der Waals surface area contributed by atoms with Crippen LogP contribution in [0.5, 0.6) is 0 Å². The van der Waals surface area contributed by atoms with E-state index in [2.05, 4.69) is 5.32 Å². The summed E-state index contributed by atoms with van der Waals surface area (Å²) in [4.78, 5) is 23.0. The van der Waals surface area contributed by atoms with Gasteiger partial charge in [0, 0.05) is 11.8 Å². The van der Waals surface area contributed by atoms with Gasteiger partial charge in [0.1, 0.15) is 0 Å². The third-order valence-corrected chi connectivity index (χ3v) is 5.55. The SMILES string of the molecule is CC1(C)C(C(=O)O)C1C(=O)NCC1CCCCS1. The number of hydrogen-bond donors (Lipinski definition) is 2. The standard InChI is InChI=1S/C13H21NO3S/c1-13(2)9(10(13)12(16)17)11(15)14-7-8-5-3-4-6-18-8/h8-10H,3-7H2,1-2H3,(H,14,15)(H,16,17). The van der Waals surface area contributed by atoms with Crippen molar-refractivity contribution in [2.24, 2.45) is 17.3 Å². The lowest BCUT2D eigenvalue weighted by atomic mass is 10.1. The van der Waals surface area contributed by atoms with Crippen LogP contribution >= 0.6 is 11.8 Å². The largest absolute Gasteiger partial charge is 0.481 e. The number of hydrogen-bond acceptors (Lipinski definition) is 3. The van der Waals surface area contributed by atoms with Gasteiger partial charge >= 0.3 is 5.97 Å². The summed E-state index contributed by atoms with van der Waals surface area (Å²) < 4.78 is 0. The summed E-state index contributed by atoms with van der Waals surface area (Å²) in [5.74, 6) is -0.640. The third kappa shape index (κ3) is 2.66. The predicted molar refractivity (Wildman–Crippen MR) is 71.5 cm³/mol. The minimum absolute atomic E-state index is 0.0847. The van der Waals surface area contributed by atoms with Gasteiger partial charge in [-0.3, -0.25) is 9.59 Å². The molecule has 1 amide bonds. The van der Waals surface area contributed by atoms with Gasteiger partial charge in [-0.05, 0) is 24.0 Å². The summed E-state index contributed by atoms with van der Waals surface area (Å²) in [6.07, 6.45) is 3.66. The van der Waals surface area contributed by atoms with Gasteiger partial charge in [-0.2, -0.15) is 11.8 Å². The number of amides is 1. The van der Waals surface area contributed by atoms with Crippen molar-refractivity contribution < 1.29 is 14.7 Å². The highest BCUT2D eigenvalue weighted by molar-refractivity contribution is 7.99. The van der Waals surface area contributed by atoms with Crippen molar-refractivity contribution >= 4 is 23.6 Å². The van der Waals surface area contributed by atoms with Gasteiger partial charge in [-0.15, -0.1) is 0 Å². The van der Waals surface area contributed by atoms with Crippen molar-refractivity contribution in [1.29, 1.82) is 0 Å². The van der Waals surface area contributed by atoms with E-state index in [9.17, 15) is 9.59 Å². The maximum Gasteiger partial charge on any atom is 0.307 e. The first-order valence-corrected chi connectivity index (χ1v) is 7.61. The molecule has 1 saturated heterocycles. The molecule has 3 atom stereocenters. The summed E-state index contributed by atoms with van der Waals surface area (Å²) in [5.41, 5.74) is -0.393. The zero-order valence-electron chi connectivity index (χ0n) is 10.9. The molecule has 18 heavy (non-hydrogen) atoms. The highest BCUT2D eigenvalue weighted by Crippen LogP contribution is 2.58. The number of aliphatic carboxylic acids is 1. The molecule has 5 heteroatoms. The Bertz CT molecular complexity index is 350. The van der Waals surface area contributed by atoms with Crippen molar-refractivity contribution in [1.82, 2.24) is 5.32 Å². The highest BCUT2D eigenvalue weighted by Gasteiger charge is 2.65. The van der Waals surface area contributed by atoms with E-state index < -0.39 is 17.3 Å². The molecule has 0 aromatic rings. The molecule has 2 aliphatic rings. The Labute approximate surface area is 112 Å². The Morgan fingerprint density at radius 2 is 2.06 bits per heavy atom. The topological polar surface area (TPSA) is 66.4 Å². The molecule has 0 aromatic carbocycles. The second-order valence-electron chi connectivity index (χ2n) is 5.85. The smallest absolute Gasteiger partial charge is 0.307 e. The summed E-state index contributed by atoms with van der Waals surface area (Å²) >= 11 is 1.91. The fourth-order valence-electron chi connectivity index (χ4n) is 2.88. The van der Waals surface area contributed by atoms with Crippen LogP contribution in [-0.2, 0) is 9.59 Å². The lowest BCUT2D eigenvalue weighted by Crippen LogP contribution is -2.34. The van der Waals surface area contributed by atoms with E-state index in [-0.39, 0.29) is 11.8 Å². The van der Waals surface area contributed by atoms with Gasteiger partial charge in [0.05, 0.1) is 11.8 Å². The molecule has 2 rings (SSSR count). The second-order valence-corrected chi connectivity index (χ2v) is 7.26. The van der Waals surface area contributed by atoms with Gasteiger partial charge < -0.3 is 10.4 Å². The van der Waals surface area contributed by atoms with E-state index in [0.717, 1.165) is 6.42 Å². The maximum absolute atomic E-state index is 12.0. The van der Waals surface area contributed by atoms with E-state index in [1.807, 2.05) is 25.6 Å². The van der Waals surface area contributed by atoms with E-state index in [1.54, 1.807) is 0 Å². The van der Waals surface area contributed by atoms with Crippen molar-refractivity contribution in [2.45, 2.75) is 38.4 Å². The van der Waals surface area contributed by atoms with Gasteiger partial charge in [-0.25, -0.2) is 0 Å². The Kier molecular flexibility index (Phi) is 3.90. The molecule has 0 radical (unpaired) electrons. The van der Waals surface area contributed by atoms with Crippen LogP contribution in [0.15, 0.2) is 0 Å². The van der Waals surface area contributed by atoms with Crippen molar-refractivity contribution in [3.05, 3.63) is 0 Å². The quantitative estimate of drug-likeness (QED) is 0.817. The Morgan fingerprint density at radius 3 is 2.56 bits per heavy atom. The molecular formula is C13H21NO3S. The minimum Gasteiger partial charge on any atom is -0.481 e. The molecule has 4 nitrogen and oxygen atoms in total. The fraction of sp³-hybridized carbons (Fsp3) is 0.846. The molecular weight excluding hydrogens is 250 g/mol. The lowest BCUT2D eigenvalue weighted by Gasteiger charge is -2.21. The molecule has 1 heterocycles. The first-order chi connectivity index (χ1) is 8.44. The molecule has 3 unspecified atom stereocenters. The monoisotopic (exact) mass is 271 g/mol. The Balaban J connectivity index is 1.80. The van der Waals surface area contributed by atoms with Crippen molar-refractivity contribution in [2.75, 3.05) is 12.3 Å². The van der Waals surface area contributed by atoms with Crippen LogP contribution in [0.4, 0.5) is 0 Å². The number of carbonyl (C=O) groups is 2. The average Bonchev–Trinajstić information content (AvgIpc) is 2.91. The Morgan fingerprint density at radius 1 is 1.33 bits per heavy atom. The number of carboxylic acid groups (broad SMARTS) is 1. The van der Waals surface area contributed by atoms with Crippen LogP contribution in [-0.4, -0.2) is 34.5 Å². The van der Waals surface area contributed by atoms with Gasteiger partial charge in [0.25, 0.3) is 0 Å². The number of rotatable bonds is 4. The highest BCUT2D eigenvalue weighted by atomic mass is 32.2. The van der Waals surface area contributed by atoms with Crippen LogP contribution < -0.4 is 5.32 Å². The first kappa shape index (κ1) is 13.7. The van der Waals surface area contributed by atoms with E-state index in [4.69, 9.17) is 5.11 Å². The van der Waals surface area contributed by atoms with Crippen LogP contribution in [0.1, 0.15) is 33.1 Å². The van der Waals surface area contributed by atoms with Crippen LogP contribution in [0.2, 0.25) is 0 Å². The van der Waals surface area contributed by atoms with Gasteiger partial charge in [0.2, 0.25) is 5.91 Å². The van der Waals surface area contributed by atoms with Gasteiger partial charge in [-0.1, -0.05) is 20.3 Å². The number of nitrogens with one attached hydrogen (secondary N) is 1. The van der Waals surface area contributed by atoms with E-state index in [1.165, 1.54) is 18.6 Å². The van der Waals surface area contributed by atoms with Crippen LogP contribution in [0, 0.1) is 17.3 Å². The zero-order valence-corrected chi connectivity index (χ0v) is 11.8. The molecule has 2 fully saturated rings. The second kappa shape index (κ2) is 5.11. The molecule has 0 aromatic heterocycles. The normalized spacial score (nSPS) is 33.8. The first-order valence-electron chi connectivity index (χ1n) is 6.56. The molecule has 1 aliphatic carbocycles. The number of carbonyl (C=O) groups excluding carboxylic acids is 1. The molecule has 1 saturated carbocycles. The van der Waals surface area contributed by atoms with Crippen LogP contribution in [0.25, 0.3) is 0 Å². The Hall–Kier alpha value is -0.710. The van der Waals surface area contributed by atoms with Gasteiger partial charge in [0.15, 0.2) is 0 Å². The third-order valence-electron chi connectivity index (χ3n) is 4.15. The van der Waals surface area contributed by atoms with E-state index >= 15 is 0 Å². The number of thioether (sulfide) groups is 1. The van der Waals surface area contributed by atoms with E-state index in [0.29, 0.717) is 11.8 Å². The molecule has 1 aliphatic heterocycles. The summed E-state index contributed by atoms with van der Waals surface area (Å²) in [5, 5.41) is 12.5. The minimum atomic E-state index is -0.854. The molecule has 2 N–H and O–H groups in total. The summed E-state index contributed by atoms with van der Waals surface area (Å²) in [6, 6.07) is 0. The predicted octanol–water partition coefficient (Wildman–Crippen LogP) is 1.75. The molecule has 0 spiro atoms. The molecule has 0 bridgehead atoms. The zero-order chi connectivity index (χ0) is 13.3. The van der Waals surface area contributed by atoms with Crippen molar-refractivity contribution in [3.8, 4) is 0 Å². The fourth-order valence-corrected chi connectivity index (χ4v) is 4.12. The van der Waals surface area contributed by atoms with Crippen molar-refractivity contribution in [3.63, 3.8) is 0 Å². The lowest BCUT2D eigenvalue weighted by molar-refractivity contribution is -0.140. The number of carboxylic acids is 1. The van der Waals surface area contributed by atoms with Crippen LogP contribution in [0.3, 0.4) is 0 Å². The summed E-state index contributed by atoms with van der Waals surface area (Å²) in [7, 11) is 0. The average molecular weight is 271 g/mol. The maximum atomic E-state index is 12.0.